The molecule has 3 unspecified atom stereocenters. The number of nitrogens with one attached hydrogen (secondary N) is 1. The van der Waals surface area contributed by atoms with Crippen molar-refractivity contribution < 1.29 is 0 Å². The summed E-state index contributed by atoms with van der Waals surface area (Å²) in [6.45, 7) is 9.67. The summed E-state index contributed by atoms with van der Waals surface area (Å²) in [5.74, 6) is 4.36. The lowest BCUT2D eigenvalue weighted by molar-refractivity contribution is 0.402. The maximum absolute atomic E-state index is 4.99. The van der Waals surface area contributed by atoms with Crippen molar-refractivity contribution in [1.29, 1.82) is 0 Å². The Morgan fingerprint density at radius 3 is 2.48 bits per heavy atom. The van der Waals surface area contributed by atoms with Crippen LogP contribution >= 0.6 is 15.9 Å². The van der Waals surface area contributed by atoms with Crippen LogP contribution < -0.4 is 5.32 Å². The van der Waals surface area contributed by atoms with Crippen molar-refractivity contribution in [3.05, 3.63) is 16.0 Å². The summed E-state index contributed by atoms with van der Waals surface area (Å²) in [7, 11) is 0. The van der Waals surface area contributed by atoms with Gasteiger partial charge >= 0.3 is 0 Å². The molecule has 0 aliphatic heterocycles. The van der Waals surface area contributed by atoms with Gasteiger partial charge in [0.25, 0.3) is 0 Å². The lowest BCUT2D eigenvalue weighted by atomic mass is 9.87. The number of hydrogen-bond acceptors (Lipinski definition) is 3. The molecule has 0 saturated heterocycles. The van der Waals surface area contributed by atoms with E-state index in [1.54, 1.807) is 0 Å². The molecule has 0 spiro atoms. The third-order valence-electron chi connectivity index (χ3n) is 4.99. The molecule has 21 heavy (non-hydrogen) atoms. The zero-order chi connectivity index (χ0) is 15.2. The number of nitrogens with zero attached hydrogens (tertiary/aromatic N) is 2. The van der Waals surface area contributed by atoms with Gasteiger partial charge in [-0.1, -0.05) is 27.2 Å². The fourth-order valence-corrected chi connectivity index (χ4v) is 4.88. The van der Waals surface area contributed by atoms with Crippen LogP contribution in [0, 0.1) is 11.8 Å². The van der Waals surface area contributed by atoms with Gasteiger partial charge in [0.2, 0.25) is 0 Å². The van der Waals surface area contributed by atoms with Gasteiger partial charge in [0.15, 0.2) is 0 Å². The van der Waals surface area contributed by atoms with Crippen LogP contribution in [-0.4, -0.2) is 16.5 Å². The minimum atomic E-state index is 0.0261. The van der Waals surface area contributed by atoms with E-state index in [1.807, 2.05) is 0 Å². The average molecular weight is 352 g/mol. The summed E-state index contributed by atoms with van der Waals surface area (Å²) in [6.07, 6.45) is 5.48. The molecule has 1 N–H and O–H groups in total. The molecule has 2 saturated carbocycles. The second kappa shape index (κ2) is 5.53. The minimum absolute atomic E-state index is 0.0261. The van der Waals surface area contributed by atoms with Crippen LogP contribution in [0.2, 0.25) is 0 Å². The van der Waals surface area contributed by atoms with E-state index in [-0.39, 0.29) is 5.41 Å². The molecule has 4 heteroatoms. The van der Waals surface area contributed by atoms with Crippen LogP contribution in [0.5, 0.6) is 0 Å². The highest BCUT2D eigenvalue weighted by atomic mass is 79.9. The molecule has 2 bridgehead atoms. The molecule has 2 aliphatic carbocycles. The maximum Gasteiger partial charge on any atom is 0.144 e. The first-order valence-electron chi connectivity index (χ1n) is 8.22. The van der Waals surface area contributed by atoms with Crippen LogP contribution in [0.15, 0.2) is 4.47 Å². The topological polar surface area (TPSA) is 37.8 Å². The molecule has 3 atom stereocenters. The first-order valence-corrected chi connectivity index (χ1v) is 9.01. The molecule has 0 aromatic carbocycles. The fourth-order valence-electron chi connectivity index (χ4n) is 3.97. The van der Waals surface area contributed by atoms with Crippen molar-refractivity contribution in [2.75, 3.05) is 11.9 Å². The average Bonchev–Trinajstić information content (AvgIpc) is 3.02. The van der Waals surface area contributed by atoms with Gasteiger partial charge in [0, 0.05) is 17.9 Å². The Hall–Kier alpha value is -0.640. The molecule has 2 aliphatic rings. The molecule has 3 nitrogen and oxygen atoms in total. The van der Waals surface area contributed by atoms with Crippen molar-refractivity contribution in [2.24, 2.45) is 11.8 Å². The summed E-state index contributed by atoms with van der Waals surface area (Å²) >= 11 is 3.71. The number of rotatable bonds is 3. The van der Waals surface area contributed by atoms with Crippen molar-refractivity contribution >= 4 is 21.7 Å². The maximum atomic E-state index is 4.99. The molecule has 3 rings (SSSR count). The highest BCUT2D eigenvalue weighted by molar-refractivity contribution is 9.10. The van der Waals surface area contributed by atoms with Crippen molar-refractivity contribution in [3.8, 4) is 0 Å². The first kappa shape index (κ1) is 15.3. The Balaban J connectivity index is 2.02. The summed E-state index contributed by atoms with van der Waals surface area (Å²) in [4.78, 5) is 9.86. The minimum Gasteiger partial charge on any atom is -0.369 e. The van der Waals surface area contributed by atoms with E-state index in [1.165, 1.54) is 25.7 Å². The van der Waals surface area contributed by atoms with E-state index >= 15 is 0 Å². The third-order valence-corrected chi connectivity index (χ3v) is 5.74. The first-order chi connectivity index (χ1) is 9.90. The van der Waals surface area contributed by atoms with E-state index in [4.69, 9.17) is 9.97 Å². The Morgan fingerprint density at radius 1 is 1.19 bits per heavy atom. The van der Waals surface area contributed by atoms with E-state index in [2.05, 4.69) is 48.9 Å². The number of hydrogen-bond donors (Lipinski definition) is 1. The molecule has 1 aromatic rings. The van der Waals surface area contributed by atoms with E-state index in [0.717, 1.165) is 40.2 Å². The van der Waals surface area contributed by atoms with Crippen molar-refractivity contribution in [2.45, 2.75) is 64.7 Å². The smallest absolute Gasteiger partial charge is 0.144 e. The zero-order valence-corrected chi connectivity index (χ0v) is 15.1. The van der Waals surface area contributed by atoms with Gasteiger partial charge in [-0.2, -0.15) is 0 Å². The molecule has 1 aromatic heterocycles. The quantitative estimate of drug-likeness (QED) is 0.843. The molecule has 0 amide bonds. The van der Waals surface area contributed by atoms with Gasteiger partial charge in [-0.05, 0) is 54.0 Å². The van der Waals surface area contributed by atoms with Gasteiger partial charge < -0.3 is 5.32 Å². The van der Waals surface area contributed by atoms with Gasteiger partial charge in [-0.15, -0.1) is 0 Å². The number of fused-ring (bicyclic) bond motifs is 2. The number of halogens is 1. The molecular formula is C17H26BrN3. The second-order valence-electron chi connectivity index (χ2n) is 7.65. The van der Waals surface area contributed by atoms with Crippen LogP contribution in [0.4, 0.5) is 5.82 Å². The predicted octanol–water partition coefficient (Wildman–Crippen LogP) is 4.87. The SMILES string of the molecule is CCNc1nc(C2CC3CCC2C3)nc(C(C)(C)C)c1Br. The van der Waals surface area contributed by atoms with Crippen LogP contribution in [0.1, 0.15) is 70.8 Å². The normalized spacial score (nSPS) is 28.1. The summed E-state index contributed by atoms with van der Waals surface area (Å²) in [5.41, 5.74) is 1.16. The lowest BCUT2D eigenvalue weighted by Crippen LogP contribution is -2.21. The number of anilines is 1. The van der Waals surface area contributed by atoms with Crippen LogP contribution in [-0.2, 0) is 5.41 Å². The Labute approximate surface area is 136 Å². The molecule has 116 valence electrons. The van der Waals surface area contributed by atoms with Gasteiger partial charge in [0.1, 0.15) is 11.6 Å². The van der Waals surface area contributed by atoms with Crippen molar-refractivity contribution in [1.82, 2.24) is 9.97 Å². The lowest BCUT2D eigenvalue weighted by Gasteiger charge is -2.26. The van der Waals surface area contributed by atoms with Crippen LogP contribution in [0.25, 0.3) is 0 Å². The Bertz CT molecular complexity index is 536. The summed E-state index contributed by atoms with van der Waals surface area (Å²) in [6, 6.07) is 0. The van der Waals surface area contributed by atoms with E-state index in [9.17, 15) is 0 Å². The number of aromatic nitrogens is 2. The second-order valence-corrected chi connectivity index (χ2v) is 8.45. The Morgan fingerprint density at radius 2 is 1.95 bits per heavy atom. The molecule has 0 radical (unpaired) electrons. The highest BCUT2D eigenvalue weighted by Crippen LogP contribution is 2.52. The van der Waals surface area contributed by atoms with Crippen molar-refractivity contribution in [3.63, 3.8) is 0 Å². The molecule has 2 fully saturated rings. The largest absolute Gasteiger partial charge is 0.369 e. The fraction of sp³-hybridized carbons (Fsp3) is 0.765. The Kier molecular flexibility index (Phi) is 4.02. The van der Waals surface area contributed by atoms with Gasteiger partial charge in [-0.25, -0.2) is 9.97 Å². The van der Waals surface area contributed by atoms with E-state index < -0.39 is 0 Å². The monoisotopic (exact) mass is 351 g/mol. The molecule has 1 heterocycles. The van der Waals surface area contributed by atoms with Gasteiger partial charge in [-0.3, -0.25) is 0 Å². The zero-order valence-electron chi connectivity index (χ0n) is 13.5. The van der Waals surface area contributed by atoms with Crippen LogP contribution in [0.3, 0.4) is 0 Å². The summed E-state index contributed by atoms with van der Waals surface area (Å²) in [5, 5.41) is 3.40. The highest BCUT2D eigenvalue weighted by Gasteiger charge is 2.42. The third kappa shape index (κ3) is 2.84. The molecular weight excluding hydrogens is 326 g/mol. The summed E-state index contributed by atoms with van der Waals surface area (Å²) < 4.78 is 1.03. The van der Waals surface area contributed by atoms with Gasteiger partial charge in [0.05, 0.1) is 10.2 Å². The standard InChI is InChI=1S/C17H26BrN3/c1-5-19-16-13(18)14(17(2,3)4)20-15(21-16)12-9-10-6-7-11(12)8-10/h10-12H,5-9H2,1-4H3,(H,19,20,21). The van der Waals surface area contributed by atoms with E-state index in [0.29, 0.717) is 5.92 Å². The predicted molar refractivity (Wildman–Crippen MR) is 90.8 cm³/mol.